The molecule has 0 aromatic carbocycles. The molecule has 0 bridgehead atoms. The van der Waals surface area contributed by atoms with Gasteiger partial charge in [0.2, 0.25) is 0 Å². The van der Waals surface area contributed by atoms with E-state index in [2.05, 4.69) is 0 Å². The number of hydrogen-bond acceptors (Lipinski definition) is 6. The van der Waals surface area contributed by atoms with Crippen molar-refractivity contribution < 1.29 is 29.2 Å². The number of ether oxygens (including phenoxy) is 4. The maximum absolute atomic E-state index is 10.4. The quantitative estimate of drug-likeness (QED) is 0.774. The fourth-order valence-electron chi connectivity index (χ4n) is 2.60. The summed E-state index contributed by atoms with van der Waals surface area (Å²) in [7, 11) is 0. The smallest absolute Gasteiger partial charge is 0.163 e. The molecule has 0 aromatic heterocycles. The summed E-state index contributed by atoms with van der Waals surface area (Å²) in [5.74, 6) is -1.45. The van der Waals surface area contributed by atoms with Gasteiger partial charge in [-0.3, -0.25) is 0 Å². The van der Waals surface area contributed by atoms with E-state index in [0.29, 0.717) is 13.0 Å². The Kier molecular flexibility index (Phi) is 4.21. The van der Waals surface area contributed by atoms with Crippen LogP contribution in [0.3, 0.4) is 0 Å². The van der Waals surface area contributed by atoms with Crippen molar-refractivity contribution in [3.05, 3.63) is 0 Å². The Balaban J connectivity index is 2.03. The van der Waals surface area contributed by atoms with Gasteiger partial charge in [0, 0.05) is 6.61 Å². The Labute approximate surface area is 113 Å². The molecule has 6 heteroatoms. The second-order valence-electron chi connectivity index (χ2n) is 6.01. The average molecular weight is 276 g/mol. The number of rotatable bonds is 4. The third-order valence-corrected chi connectivity index (χ3v) is 3.38. The van der Waals surface area contributed by atoms with E-state index in [4.69, 9.17) is 24.1 Å². The van der Waals surface area contributed by atoms with Crippen molar-refractivity contribution >= 4 is 0 Å². The molecule has 2 N–H and O–H groups in total. The summed E-state index contributed by atoms with van der Waals surface area (Å²) in [6.07, 6.45) is -1.74. The van der Waals surface area contributed by atoms with E-state index in [1.807, 2.05) is 0 Å². The van der Waals surface area contributed by atoms with Crippen molar-refractivity contribution in [1.29, 1.82) is 0 Å². The van der Waals surface area contributed by atoms with Crippen LogP contribution in [0.5, 0.6) is 0 Å². The second-order valence-corrected chi connectivity index (χ2v) is 6.01. The van der Waals surface area contributed by atoms with Crippen molar-refractivity contribution in [2.45, 2.75) is 70.1 Å². The molecule has 0 radical (unpaired) electrons. The standard InChI is InChI=1S/C13H24O6/c1-12(2)16-7-9(18-12)10(15)11-8(5-6-14)17-13(3,4)19-11/h8-11,14-15H,5-7H2,1-4H3/t8-,9-,10-,11-/m1/s1. The van der Waals surface area contributed by atoms with Gasteiger partial charge in [0.25, 0.3) is 0 Å². The van der Waals surface area contributed by atoms with Crippen molar-refractivity contribution in [2.75, 3.05) is 13.2 Å². The third kappa shape index (κ3) is 3.45. The molecular weight excluding hydrogens is 252 g/mol. The Hall–Kier alpha value is -0.240. The van der Waals surface area contributed by atoms with Gasteiger partial charge in [-0.15, -0.1) is 0 Å². The monoisotopic (exact) mass is 276 g/mol. The van der Waals surface area contributed by atoms with Crippen LogP contribution in [0.2, 0.25) is 0 Å². The SMILES string of the molecule is CC1(C)OC[C@H]([C@@H](O)[C@@H]2OC(C)(C)O[C@@H]2CCO)O1. The van der Waals surface area contributed by atoms with Gasteiger partial charge in [-0.05, 0) is 34.1 Å². The molecular formula is C13H24O6. The number of aliphatic hydroxyl groups is 2. The molecule has 2 aliphatic heterocycles. The van der Waals surface area contributed by atoms with Gasteiger partial charge in [-0.25, -0.2) is 0 Å². The van der Waals surface area contributed by atoms with Crippen LogP contribution in [0, 0.1) is 0 Å². The summed E-state index contributed by atoms with van der Waals surface area (Å²) in [5.41, 5.74) is 0. The fraction of sp³-hybridized carbons (Fsp3) is 1.00. The molecule has 2 rings (SSSR count). The van der Waals surface area contributed by atoms with E-state index < -0.39 is 29.9 Å². The van der Waals surface area contributed by atoms with Crippen LogP contribution in [0.4, 0.5) is 0 Å². The van der Waals surface area contributed by atoms with E-state index in [-0.39, 0.29) is 12.7 Å². The molecule has 4 atom stereocenters. The maximum atomic E-state index is 10.4. The number of aliphatic hydroxyl groups excluding tert-OH is 2. The summed E-state index contributed by atoms with van der Waals surface area (Å²) < 4.78 is 22.5. The maximum Gasteiger partial charge on any atom is 0.163 e. The molecule has 0 spiro atoms. The van der Waals surface area contributed by atoms with Crippen LogP contribution >= 0.6 is 0 Å². The van der Waals surface area contributed by atoms with Gasteiger partial charge in [0.15, 0.2) is 11.6 Å². The van der Waals surface area contributed by atoms with E-state index >= 15 is 0 Å². The molecule has 0 unspecified atom stereocenters. The minimum Gasteiger partial charge on any atom is -0.396 e. The topological polar surface area (TPSA) is 77.4 Å². The summed E-state index contributed by atoms with van der Waals surface area (Å²) in [6, 6.07) is 0. The van der Waals surface area contributed by atoms with Gasteiger partial charge in [-0.2, -0.15) is 0 Å². The lowest BCUT2D eigenvalue weighted by molar-refractivity contribution is -0.178. The highest BCUT2D eigenvalue weighted by Gasteiger charge is 2.49. The zero-order chi connectivity index (χ0) is 14.3. The minimum atomic E-state index is -0.847. The average Bonchev–Trinajstić information content (AvgIpc) is 2.78. The van der Waals surface area contributed by atoms with E-state index in [0.717, 1.165) is 0 Å². The molecule has 19 heavy (non-hydrogen) atoms. The molecule has 0 saturated carbocycles. The molecule has 2 saturated heterocycles. The highest BCUT2D eigenvalue weighted by atomic mass is 16.8. The first-order valence-corrected chi connectivity index (χ1v) is 6.70. The first kappa shape index (κ1) is 15.2. The van der Waals surface area contributed by atoms with Gasteiger partial charge >= 0.3 is 0 Å². The first-order valence-electron chi connectivity index (χ1n) is 6.70. The summed E-state index contributed by atoms with van der Waals surface area (Å²) >= 11 is 0. The number of hydrogen-bond donors (Lipinski definition) is 2. The molecule has 2 heterocycles. The summed E-state index contributed by atoms with van der Waals surface area (Å²) in [5, 5.41) is 19.5. The first-order chi connectivity index (χ1) is 8.74. The predicted molar refractivity (Wildman–Crippen MR) is 66.4 cm³/mol. The van der Waals surface area contributed by atoms with Crippen molar-refractivity contribution in [2.24, 2.45) is 0 Å². The third-order valence-electron chi connectivity index (χ3n) is 3.38. The lowest BCUT2D eigenvalue weighted by Gasteiger charge is -2.26. The highest BCUT2D eigenvalue weighted by Crippen LogP contribution is 2.35. The van der Waals surface area contributed by atoms with Gasteiger partial charge in [0.1, 0.15) is 18.3 Å². The lowest BCUT2D eigenvalue weighted by Crippen LogP contribution is -2.45. The van der Waals surface area contributed by atoms with Gasteiger partial charge in [-0.1, -0.05) is 0 Å². The Morgan fingerprint density at radius 1 is 1.11 bits per heavy atom. The summed E-state index contributed by atoms with van der Waals surface area (Å²) in [6.45, 7) is 7.50. The van der Waals surface area contributed by atoms with Crippen molar-refractivity contribution in [3.63, 3.8) is 0 Å². The molecule has 2 aliphatic rings. The van der Waals surface area contributed by atoms with Crippen LogP contribution in [0.1, 0.15) is 34.1 Å². The van der Waals surface area contributed by atoms with Gasteiger partial charge in [0.05, 0.1) is 12.7 Å². The van der Waals surface area contributed by atoms with Crippen LogP contribution in [0.15, 0.2) is 0 Å². The zero-order valence-electron chi connectivity index (χ0n) is 12.0. The van der Waals surface area contributed by atoms with Crippen LogP contribution < -0.4 is 0 Å². The molecule has 112 valence electrons. The van der Waals surface area contributed by atoms with Crippen molar-refractivity contribution in [3.8, 4) is 0 Å². The molecule has 0 aromatic rings. The van der Waals surface area contributed by atoms with Crippen LogP contribution in [0.25, 0.3) is 0 Å². The largest absolute Gasteiger partial charge is 0.396 e. The normalized spacial score (nSPS) is 38.5. The highest BCUT2D eigenvalue weighted by molar-refractivity contribution is 4.92. The predicted octanol–water partition coefficient (Wildman–Crippen LogP) is 0.401. The fourth-order valence-corrected chi connectivity index (χ4v) is 2.60. The van der Waals surface area contributed by atoms with Crippen molar-refractivity contribution in [1.82, 2.24) is 0 Å². The zero-order valence-corrected chi connectivity index (χ0v) is 12.0. The second kappa shape index (κ2) is 5.27. The minimum absolute atomic E-state index is 0.0131. The Morgan fingerprint density at radius 3 is 2.32 bits per heavy atom. The Bertz CT molecular complexity index is 316. The Morgan fingerprint density at radius 2 is 1.79 bits per heavy atom. The molecule has 0 amide bonds. The molecule has 0 aliphatic carbocycles. The van der Waals surface area contributed by atoms with Crippen LogP contribution in [-0.2, 0) is 18.9 Å². The molecule has 6 nitrogen and oxygen atoms in total. The van der Waals surface area contributed by atoms with Crippen LogP contribution in [-0.4, -0.2) is 59.4 Å². The van der Waals surface area contributed by atoms with E-state index in [1.54, 1.807) is 27.7 Å². The van der Waals surface area contributed by atoms with E-state index in [1.165, 1.54) is 0 Å². The van der Waals surface area contributed by atoms with E-state index in [9.17, 15) is 5.11 Å². The lowest BCUT2D eigenvalue weighted by atomic mass is 10.0. The summed E-state index contributed by atoms with van der Waals surface area (Å²) in [4.78, 5) is 0. The van der Waals surface area contributed by atoms with Gasteiger partial charge < -0.3 is 29.2 Å². The molecule has 2 fully saturated rings.